The van der Waals surface area contributed by atoms with Gasteiger partial charge in [-0.25, -0.2) is 4.98 Å². The Labute approximate surface area is 102 Å². The lowest BCUT2D eigenvalue weighted by molar-refractivity contribution is 0.0931. The van der Waals surface area contributed by atoms with Crippen molar-refractivity contribution in [2.24, 2.45) is 0 Å². The molecule has 0 aromatic carbocycles. The maximum absolute atomic E-state index is 11.9. The first-order valence-electron chi connectivity index (χ1n) is 5.21. The molecule has 2 heterocycles. The molecule has 1 atom stereocenters. The van der Waals surface area contributed by atoms with E-state index in [0.29, 0.717) is 11.4 Å². The molecule has 0 saturated heterocycles. The number of anilines is 1. The number of H-pyrrole nitrogens is 1. The Kier molecular flexibility index (Phi) is 3.38. The lowest BCUT2D eigenvalue weighted by Crippen LogP contribution is -2.28. The molecule has 0 saturated carbocycles. The van der Waals surface area contributed by atoms with Crippen molar-refractivity contribution in [3.8, 4) is 0 Å². The number of hydrogen-bond acceptors (Lipinski definition) is 5. The number of hydrogen-bond donors (Lipinski definition) is 3. The minimum absolute atomic E-state index is 0.0924. The summed E-state index contributed by atoms with van der Waals surface area (Å²) in [5.41, 5.74) is 6.25. The van der Waals surface area contributed by atoms with E-state index in [0.717, 1.165) is 11.4 Å². The van der Waals surface area contributed by atoms with Gasteiger partial charge in [-0.15, -0.1) is 11.3 Å². The molecule has 1 amide bonds. The van der Waals surface area contributed by atoms with E-state index < -0.39 is 0 Å². The molecule has 0 aliphatic heterocycles. The average molecular weight is 251 g/mol. The van der Waals surface area contributed by atoms with Gasteiger partial charge in [-0.1, -0.05) is 6.92 Å². The fourth-order valence-corrected chi connectivity index (χ4v) is 2.23. The van der Waals surface area contributed by atoms with Crippen molar-refractivity contribution in [1.29, 1.82) is 0 Å². The number of nitrogens with one attached hydrogen (secondary N) is 2. The molecule has 90 valence electrons. The van der Waals surface area contributed by atoms with Gasteiger partial charge in [-0.2, -0.15) is 5.10 Å². The van der Waals surface area contributed by atoms with Crippen LogP contribution in [0.4, 0.5) is 5.69 Å². The molecular formula is C10H13N5OS. The number of amides is 1. The molecule has 2 rings (SSSR count). The van der Waals surface area contributed by atoms with Gasteiger partial charge in [0.25, 0.3) is 5.91 Å². The summed E-state index contributed by atoms with van der Waals surface area (Å²) in [6.07, 6.45) is 3.91. The Balaban J connectivity index is 2.10. The summed E-state index contributed by atoms with van der Waals surface area (Å²) in [6, 6.07) is -0.0924. The van der Waals surface area contributed by atoms with Gasteiger partial charge in [0, 0.05) is 11.6 Å². The molecule has 0 bridgehead atoms. The third-order valence-electron chi connectivity index (χ3n) is 2.36. The summed E-state index contributed by atoms with van der Waals surface area (Å²) in [7, 11) is 0. The van der Waals surface area contributed by atoms with Gasteiger partial charge in [0.05, 0.1) is 17.9 Å². The van der Waals surface area contributed by atoms with E-state index in [4.69, 9.17) is 5.73 Å². The van der Waals surface area contributed by atoms with E-state index in [2.05, 4.69) is 20.5 Å². The first-order chi connectivity index (χ1) is 8.22. The van der Waals surface area contributed by atoms with Gasteiger partial charge in [-0.05, 0) is 6.42 Å². The zero-order valence-electron chi connectivity index (χ0n) is 9.30. The summed E-state index contributed by atoms with van der Waals surface area (Å²) >= 11 is 1.52. The van der Waals surface area contributed by atoms with Gasteiger partial charge < -0.3 is 11.1 Å². The van der Waals surface area contributed by atoms with E-state index in [-0.39, 0.29) is 11.9 Å². The maximum Gasteiger partial charge on any atom is 0.272 e. The van der Waals surface area contributed by atoms with E-state index in [1.807, 2.05) is 12.3 Å². The molecule has 0 fully saturated rings. The summed E-state index contributed by atoms with van der Waals surface area (Å²) in [4.78, 5) is 16.1. The molecule has 0 aliphatic carbocycles. The SMILES string of the molecule is CCC(NC(=O)c1[nH]ncc1N)c1nccs1. The van der Waals surface area contributed by atoms with E-state index in [1.54, 1.807) is 6.20 Å². The number of rotatable bonds is 4. The van der Waals surface area contributed by atoms with Crippen LogP contribution in [0, 0.1) is 0 Å². The molecule has 4 N–H and O–H groups in total. The van der Waals surface area contributed by atoms with Crippen molar-refractivity contribution in [1.82, 2.24) is 20.5 Å². The second-order valence-corrected chi connectivity index (χ2v) is 4.43. The fourth-order valence-electron chi connectivity index (χ4n) is 1.45. The third kappa shape index (κ3) is 2.44. The van der Waals surface area contributed by atoms with Crippen molar-refractivity contribution >= 4 is 22.9 Å². The molecule has 7 heteroatoms. The number of thiazole rings is 1. The van der Waals surface area contributed by atoms with Crippen molar-refractivity contribution in [2.45, 2.75) is 19.4 Å². The molecule has 0 aliphatic rings. The van der Waals surface area contributed by atoms with Crippen LogP contribution in [0.3, 0.4) is 0 Å². The second kappa shape index (κ2) is 4.96. The highest BCUT2D eigenvalue weighted by Gasteiger charge is 2.18. The van der Waals surface area contributed by atoms with Gasteiger partial charge in [0.15, 0.2) is 0 Å². The maximum atomic E-state index is 11.9. The first-order valence-corrected chi connectivity index (χ1v) is 6.09. The van der Waals surface area contributed by atoms with Gasteiger partial charge >= 0.3 is 0 Å². The summed E-state index contributed by atoms with van der Waals surface area (Å²) in [5, 5.41) is 11.9. The highest BCUT2D eigenvalue weighted by molar-refractivity contribution is 7.09. The summed E-state index contributed by atoms with van der Waals surface area (Å²) < 4.78 is 0. The van der Waals surface area contributed by atoms with Crippen molar-refractivity contribution in [3.05, 3.63) is 28.5 Å². The van der Waals surface area contributed by atoms with Crippen LogP contribution in [0.2, 0.25) is 0 Å². The number of nitrogen functional groups attached to an aromatic ring is 1. The Morgan fingerprint density at radius 3 is 3.06 bits per heavy atom. The fraction of sp³-hybridized carbons (Fsp3) is 0.300. The predicted octanol–water partition coefficient (Wildman–Crippen LogP) is 1.33. The zero-order chi connectivity index (χ0) is 12.3. The molecule has 2 aromatic heterocycles. The molecular weight excluding hydrogens is 238 g/mol. The number of nitrogens with two attached hydrogens (primary N) is 1. The van der Waals surface area contributed by atoms with E-state index >= 15 is 0 Å². The average Bonchev–Trinajstić information content (AvgIpc) is 2.96. The normalized spacial score (nSPS) is 12.3. The van der Waals surface area contributed by atoms with Gasteiger partial charge in [-0.3, -0.25) is 9.89 Å². The van der Waals surface area contributed by atoms with Crippen molar-refractivity contribution in [3.63, 3.8) is 0 Å². The molecule has 1 unspecified atom stereocenters. The van der Waals surface area contributed by atoms with Crippen molar-refractivity contribution < 1.29 is 4.79 Å². The number of carbonyl (C=O) groups excluding carboxylic acids is 1. The lowest BCUT2D eigenvalue weighted by Gasteiger charge is -2.13. The molecule has 0 radical (unpaired) electrons. The topological polar surface area (TPSA) is 96.7 Å². The molecule has 0 spiro atoms. The summed E-state index contributed by atoms with van der Waals surface area (Å²) in [6.45, 7) is 1.99. The van der Waals surface area contributed by atoms with Crippen LogP contribution in [-0.4, -0.2) is 21.1 Å². The van der Waals surface area contributed by atoms with Crippen LogP contribution < -0.4 is 11.1 Å². The third-order valence-corrected chi connectivity index (χ3v) is 3.25. The highest BCUT2D eigenvalue weighted by atomic mass is 32.1. The minimum Gasteiger partial charge on any atom is -0.396 e. The van der Waals surface area contributed by atoms with Gasteiger partial charge in [0.2, 0.25) is 0 Å². The first kappa shape index (κ1) is 11.6. The Bertz CT molecular complexity index is 493. The molecule has 6 nitrogen and oxygen atoms in total. The molecule has 17 heavy (non-hydrogen) atoms. The quantitative estimate of drug-likeness (QED) is 0.763. The monoisotopic (exact) mass is 251 g/mol. The van der Waals surface area contributed by atoms with Crippen LogP contribution >= 0.6 is 11.3 Å². The van der Waals surface area contributed by atoms with Crippen LogP contribution in [0.15, 0.2) is 17.8 Å². The number of carbonyl (C=O) groups is 1. The predicted molar refractivity (Wildman–Crippen MR) is 65.6 cm³/mol. The van der Waals surface area contributed by atoms with E-state index in [1.165, 1.54) is 17.5 Å². The second-order valence-electron chi connectivity index (χ2n) is 3.50. The summed E-state index contributed by atoms with van der Waals surface area (Å²) in [5.74, 6) is -0.262. The smallest absolute Gasteiger partial charge is 0.272 e. The highest BCUT2D eigenvalue weighted by Crippen LogP contribution is 2.19. The Morgan fingerprint density at radius 2 is 2.53 bits per heavy atom. The largest absolute Gasteiger partial charge is 0.396 e. The zero-order valence-corrected chi connectivity index (χ0v) is 10.1. The van der Waals surface area contributed by atoms with Gasteiger partial charge in [0.1, 0.15) is 10.7 Å². The number of aromatic nitrogens is 3. The van der Waals surface area contributed by atoms with E-state index in [9.17, 15) is 4.79 Å². The minimum atomic E-state index is -0.262. The Hall–Kier alpha value is -1.89. The number of aromatic amines is 1. The van der Waals surface area contributed by atoms with Crippen molar-refractivity contribution in [2.75, 3.05) is 5.73 Å². The Morgan fingerprint density at radius 1 is 1.71 bits per heavy atom. The number of nitrogens with zero attached hydrogens (tertiary/aromatic N) is 2. The van der Waals surface area contributed by atoms with Crippen LogP contribution in [0.5, 0.6) is 0 Å². The van der Waals surface area contributed by atoms with Crippen LogP contribution in [-0.2, 0) is 0 Å². The van der Waals surface area contributed by atoms with Crippen LogP contribution in [0.25, 0.3) is 0 Å². The van der Waals surface area contributed by atoms with Crippen LogP contribution in [0.1, 0.15) is 34.9 Å². The standard InChI is InChI=1S/C10H13N5OS/c1-2-7(10-12-3-4-17-10)14-9(16)8-6(11)5-13-15-8/h3-5,7H,2,11H2,1H3,(H,13,15)(H,14,16). The lowest BCUT2D eigenvalue weighted by atomic mass is 10.2. The molecule has 2 aromatic rings.